The molecule has 19 heavy (non-hydrogen) atoms. The number of alkyl halides is 2. The molecule has 2 rings (SSSR count). The highest BCUT2D eigenvalue weighted by molar-refractivity contribution is 6.08. The zero-order valence-electron chi connectivity index (χ0n) is 10.1. The third-order valence-corrected chi connectivity index (χ3v) is 2.58. The van der Waals surface area contributed by atoms with E-state index in [0.29, 0.717) is 16.7 Å². The summed E-state index contributed by atoms with van der Waals surface area (Å²) >= 11 is 0. The van der Waals surface area contributed by atoms with E-state index in [4.69, 9.17) is 0 Å². The van der Waals surface area contributed by atoms with Gasteiger partial charge in [-0.1, -0.05) is 0 Å². The highest BCUT2D eigenvalue weighted by Crippen LogP contribution is 2.22. The van der Waals surface area contributed by atoms with E-state index in [0.717, 1.165) is 0 Å². The number of ketones is 1. The molecule has 0 N–H and O–H groups in total. The fraction of sp³-hybridized carbons (Fsp3) is 0.143. The lowest BCUT2D eigenvalue weighted by Gasteiger charge is -2.09. The number of aromatic nitrogens is 1. The van der Waals surface area contributed by atoms with Gasteiger partial charge in [0.2, 0.25) is 0 Å². The van der Waals surface area contributed by atoms with Gasteiger partial charge in [0.1, 0.15) is 5.75 Å². The van der Waals surface area contributed by atoms with E-state index in [1.54, 1.807) is 25.3 Å². The molecule has 0 unspecified atom stereocenters. The third kappa shape index (κ3) is 3.13. The Morgan fingerprint density at radius 3 is 2.63 bits per heavy atom. The van der Waals surface area contributed by atoms with Crippen LogP contribution in [-0.4, -0.2) is 17.4 Å². The Hall–Kier alpha value is -2.30. The van der Waals surface area contributed by atoms with Crippen LogP contribution in [0.25, 0.3) is 0 Å². The predicted octanol–water partition coefficient (Wildman–Crippen LogP) is 3.22. The van der Waals surface area contributed by atoms with Crippen molar-refractivity contribution in [2.24, 2.45) is 0 Å². The van der Waals surface area contributed by atoms with Gasteiger partial charge in [-0.3, -0.25) is 9.78 Å². The molecule has 0 bridgehead atoms. The van der Waals surface area contributed by atoms with Gasteiger partial charge >= 0.3 is 6.61 Å². The number of ether oxygens (including phenoxy) is 1. The second-order valence-electron chi connectivity index (χ2n) is 3.93. The lowest BCUT2D eigenvalue weighted by atomic mass is 10.0. The molecular weight excluding hydrogens is 252 g/mol. The summed E-state index contributed by atoms with van der Waals surface area (Å²) in [5, 5.41) is 0. The normalized spacial score (nSPS) is 10.5. The highest BCUT2D eigenvalue weighted by Gasteiger charge is 2.12. The van der Waals surface area contributed by atoms with E-state index in [1.165, 1.54) is 24.4 Å². The molecule has 1 heterocycles. The van der Waals surface area contributed by atoms with Crippen molar-refractivity contribution in [3.05, 3.63) is 59.4 Å². The largest absolute Gasteiger partial charge is 0.435 e. The molecule has 2 aromatic rings. The molecule has 0 radical (unpaired) electrons. The molecule has 5 heteroatoms. The molecule has 0 saturated carbocycles. The van der Waals surface area contributed by atoms with Crippen LogP contribution in [0.1, 0.15) is 21.5 Å². The minimum absolute atomic E-state index is 0.0673. The van der Waals surface area contributed by atoms with Crippen LogP contribution in [-0.2, 0) is 0 Å². The third-order valence-electron chi connectivity index (χ3n) is 2.58. The number of pyridine rings is 1. The molecule has 0 aliphatic heterocycles. The van der Waals surface area contributed by atoms with E-state index in [-0.39, 0.29) is 11.5 Å². The molecule has 0 saturated heterocycles. The molecule has 0 spiro atoms. The van der Waals surface area contributed by atoms with Crippen LogP contribution in [0.3, 0.4) is 0 Å². The number of carbonyl (C=O) groups excluding carboxylic acids is 1. The first-order valence-electron chi connectivity index (χ1n) is 5.58. The topological polar surface area (TPSA) is 39.2 Å². The van der Waals surface area contributed by atoms with Gasteiger partial charge in [0.25, 0.3) is 0 Å². The summed E-state index contributed by atoms with van der Waals surface area (Å²) in [4.78, 5) is 16.0. The maximum absolute atomic E-state index is 12.1. The Bertz CT molecular complexity index is 585. The van der Waals surface area contributed by atoms with Crippen molar-refractivity contribution in [2.45, 2.75) is 13.5 Å². The summed E-state index contributed by atoms with van der Waals surface area (Å²) in [6.07, 6.45) is 3.03. The standard InChI is InChI=1S/C14H11F2NO2/c1-9-7-10(4-5-12(9)19-14(15)16)13(18)11-3-2-6-17-8-11/h2-8,14H,1H3. The molecule has 0 amide bonds. The second-order valence-corrected chi connectivity index (χ2v) is 3.93. The van der Waals surface area contributed by atoms with Crippen LogP contribution in [0.15, 0.2) is 42.7 Å². The van der Waals surface area contributed by atoms with Crippen LogP contribution in [0, 0.1) is 6.92 Å². The fourth-order valence-corrected chi connectivity index (χ4v) is 1.68. The predicted molar refractivity (Wildman–Crippen MR) is 65.5 cm³/mol. The Balaban J connectivity index is 2.27. The van der Waals surface area contributed by atoms with Crippen molar-refractivity contribution in [1.82, 2.24) is 4.98 Å². The summed E-state index contributed by atoms with van der Waals surface area (Å²) in [7, 11) is 0. The number of hydrogen-bond acceptors (Lipinski definition) is 3. The minimum atomic E-state index is -2.88. The molecular formula is C14H11F2NO2. The summed E-state index contributed by atoms with van der Waals surface area (Å²) in [6, 6.07) is 7.65. The van der Waals surface area contributed by atoms with Crippen LogP contribution in [0.4, 0.5) is 8.78 Å². The van der Waals surface area contributed by atoms with E-state index in [2.05, 4.69) is 9.72 Å². The quantitative estimate of drug-likeness (QED) is 0.795. The van der Waals surface area contributed by atoms with Gasteiger partial charge in [0, 0.05) is 23.5 Å². The Kier molecular flexibility index (Phi) is 3.85. The summed E-state index contributed by atoms with van der Waals surface area (Å²) in [6.45, 7) is -1.27. The van der Waals surface area contributed by atoms with E-state index >= 15 is 0 Å². The van der Waals surface area contributed by atoms with Gasteiger partial charge in [-0.05, 0) is 42.8 Å². The second kappa shape index (κ2) is 5.56. The summed E-state index contributed by atoms with van der Waals surface area (Å²) in [5.74, 6) is -0.141. The Labute approximate surface area is 108 Å². The van der Waals surface area contributed by atoms with Gasteiger partial charge in [0.15, 0.2) is 5.78 Å². The lowest BCUT2D eigenvalue weighted by Crippen LogP contribution is -2.06. The van der Waals surface area contributed by atoms with Crippen molar-refractivity contribution >= 4 is 5.78 Å². The number of hydrogen-bond donors (Lipinski definition) is 0. The molecule has 0 fully saturated rings. The maximum atomic E-state index is 12.1. The first kappa shape index (κ1) is 13.1. The van der Waals surface area contributed by atoms with E-state index < -0.39 is 6.61 Å². The molecule has 0 aliphatic rings. The van der Waals surface area contributed by atoms with Gasteiger partial charge in [-0.25, -0.2) is 0 Å². The zero-order valence-corrected chi connectivity index (χ0v) is 10.1. The van der Waals surface area contributed by atoms with Crippen molar-refractivity contribution in [2.75, 3.05) is 0 Å². The van der Waals surface area contributed by atoms with Crippen molar-refractivity contribution in [3.63, 3.8) is 0 Å². The summed E-state index contributed by atoms with van der Waals surface area (Å²) < 4.78 is 28.6. The van der Waals surface area contributed by atoms with Gasteiger partial charge in [0.05, 0.1) is 0 Å². The molecule has 1 aromatic carbocycles. The minimum Gasteiger partial charge on any atom is -0.435 e. The average molecular weight is 263 g/mol. The van der Waals surface area contributed by atoms with E-state index in [1.807, 2.05) is 0 Å². The van der Waals surface area contributed by atoms with Gasteiger partial charge in [-0.15, -0.1) is 0 Å². The number of carbonyl (C=O) groups is 1. The molecule has 0 aliphatic carbocycles. The van der Waals surface area contributed by atoms with Crippen molar-refractivity contribution < 1.29 is 18.3 Å². The lowest BCUT2D eigenvalue weighted by molar-refractivity contribution is -0.0502. The van der Waals surface area contributed by atoms with Crippen LogP contribution in [0.2, 0.25) is 0 Å². The number of halogens is 2. The Morgan fingerprint density at radius 1 is 1.26 bits per heavy atom. The monoisotopic (exact) mass is 263 g/mol. The highest BCUT2D eigenvalue weighted by atomic mass is 19.3. The van der Waals surface area contributed by atoms with Crippen molar-refractivity contribution in [1.29, 1.82) is 0 Å². The zero-order chi connectivity index (χ0) is 13.8. The van der Waals surface area contributed by atoms with Gasteiger partial charge < -0.3 is 4.74 Å². The smallest absolute Gasteiger partial charge is 0.387 e. The van der Waals surface area contributed by atoms with Crippen LogP contribution >= 0.6 is 0 Å². The first-order valence-corrected chi connectivity index (χ1v) is 5.58. The number of benzene rings is 1. The average Bonchev–Trinajstić information content (AvgIpc) is 2.41. The molecule has 98 valence electrons. The molecule has 0 atom stereocenters. The SMILES string of the molecule is Cc1cc(C(=O)c2cccnc2)ccc1OC(F)F. The first-order chi connectivity index (χ1) is 9.08. The Morgan fingerprint density at radius 2 is 2.05 bits per heavy atom. The molecule has 3 nitrogen and oxygen atoms in total. The number of aryl methyl sites for hydroxylation is 1. The van der Waals surface area contributed by atoms with Gasteiger partial charge in [-0.2, -0.15) is 8.78 Å². The van der Waals surface area contributed by atoms with Crippen LogP contribution in [0.5, 0.6) is 5.75 Å². The number of nitrogens with zero attached hydrogens (tertiary/aromatic N) is 1. The van der Waals surface area contributed by atoms with Crippen molar-refractivity contribution in [3.8, 4) is 5.75 Å². The van der Waals surface area contributed by atoms with Crippen LogP contribution < -0.4 is 4.74 Å². The summed E-state index contributed by atoms with van der Waals surface area (Å²) in [5.41, 5.74) is 1.34. The fourth-order valence-electron chi connectivity index (χ4n) is 1.68. The maximum Gasteiger partial charge on any atom is 0.387 e. The van der Waals surface area contributed by atoms with E-state index in [9.17, 15) is 13.6 Å². The number of rotatable bonds is 4. The molecule has 1 aromatic heterocycles.